The molecule has 2 atom stereocenters. The van der Waals surface area contributed by atoms with E-state index in [4.69, 9.17) is 5.11 Å². The van der Waals surface area contributed by atoms with Crippen LogP contribution in [0.3, 0.4) is 0 Å². The van der Waals surface area contributed by atoms with Gasteiger partial charge in [-0.3, -0.25) is 0 Å². The minimum Gasteiger partial charge on any atom is -0.395 e. The number of nitrogens with one attached hydrogen (secondary N) is 1. The first-order valence-corrected chi connectivity index (χ1v) is 5.70. The van der Waals surface area contributed by atoms with Gasteiger partial charge in [0.2, 0.25) is 0 Å². The SMILES string of the molecule is CCCC(C)N(C)CC(CO)NCC. The topological polar surface area (TPSA) is 35.5 Å². The van der Waals surface area contributed by atoms with Crippen LogP contribution in [-0.2, 0) is 0 Å². The quantitative estimate of drug-likeness (QED) is 0.618. The summed E-state index contributed by atoms with van der Waals surface area (Å²) in [6, 6.07) is 0.817. The summed E-state index contributed by atoms with van der Waals surface area (Å²) in [5, 5.41) is 12.4. The Balaban J connectivity index is 3.81. The molecule has 0 rings (SSSR count). The van der Waals surface area contributed by atoms with Crippen LogP contribution in [0.4, 0.5) is 0 Å². The number of aliphatic hydroxyl groups excluding tert-OH is 1. The molecule has 0 amide bonds. The van der Waals surface area contributed by atoms with E-state index >= 15 is 0 Å². The van der Waals surface area contributed by atoms with E-state index in [1.165, 1.54) is 12.8 Å². The van der Waals surface area contributed by atoms with Crippen molar-refractivity contribution >= 4 is 0 Å². The molecule has 3 nitrogen and oxygen atoms in total. The maximum atomic E-state index is 9.13. The molecule has 86 valence electrons. The number of hydrogen-bond acceptors (Lipinski definition) is 3. The maximum absolute atomic E-state index is 9.13. The summed E-state index contributed by atoms with van der Waals surface area (Å²) in [6.07, 6.45) is 2.44. The second-order valence-electron chi connectivity index (χ2n) is 4.01. The summed E-state index contributed by atoms with van der Waals surface area (Å²) < 4.78 is 0. The summed E-state index contributed by atoms with van der Waals surface area (Å²) in [4.78, 5) is 2.31. The van der Waals surface area contributed by atoms with E-state index in [-0.39, 0.29) is 12.6 Å². The van der Waals surface area contributed by atoms with E-state index in [1.807, 2.05) is 0 Å². The van der Waals surface area contributed by atoms with Gasteiger partial charge < -0.3 is 15.3 Å². The third-order valence-corrected chi connectivity index (χ3v) is 2.68. The number of hydrogen-bond donors (Lipinski definition) is 2. The standard InChI is InChI=1S/C11H26N2O/c1-5-7-10(3)13(4)8-11(9-14)12-6-2/h10-12,14H,5-9H2,1-4H3. The zero-order valence-corrected chi connectivity index (χ0v) is 10.1. The van der Waals surface area contributed by atoms with Crippen molar-refractivity contribution in [3.8, 4) is 0 Å². The smallest absolute Gasteiger partial charge is 0.0597 e. The van der Waals surface area contributed by atoms with Crippen LogP contribution in [0.5, 0.6) is 0 Å². The lowest BCUT2D eigenvalue weighted by Gasteiger charge is -2.28. The number of rotatable bonds is 8. The van der Waals surface area contributed by atoms with Gasteiger partial charge in [0.25, 0.3) is 0 Å². The molecule has 0 radical (unpaired) electrons. The van der Waals surface area contributed by atoms with Crippen molar-refractivity contribution in [2.75, 3.05) is 26.7 Å². The van der Waals surface area contributed by atoms with Crippen molar-refractivity contribution in [1.82, 2.24) is 10.2 Å². The van der Waals surface area contributed by atoms with Gasteiger partial charge in [-0.1, -0.05) is 20.3 Å². The van der Waals surface area contributed by atoms with Gasteiger partial charge in [-0.15, -0.1) is 0 Å². The fourth-order valence-electron chi connectivity index (χ4n) is 1.64. The van der Waals surface area contributed by atoms with Crippen molar-refractivity contribution in [3.05, 3.63) is 0 Å². The summed E-state index contributed by atoms with van der Waals surface area (Å²) in [5.74, 6) is 0. The molecule has 0 aromatic heterocycles. The van der Waals surface area contributed by atoms with Crippen molar-refractivity contribution < 1.29 is 5.11 Å². The molecule has 0 bridgehead atoms. The van der Waals surface area contributed by atoms with Crippen LogP contribution >= 0.6 is 0 Å². The van der Waals surface area contributed by atoms with E-state index in [9.17, 15) is 0 Å². The highest BCUT2D eigenvalue weighted by Crippen LogP contribution is 2.04. The van der Waals surface area contributed by atoms with E-state index in [0.717, 1.165) is 13.1 Å². The number of aliphatic hydroxyl groups is 1. The fraction of sp³-hybridized carbons (Fsp3) is 1.00. The van der Waals surface area contributed by atoms with Gasteiger partial charge in [0.1, 0.15) is 0 Å². The molecule has 0 heterocycles. The lowest BCUT2D eigenvalue weighted by atomic mass is 10.1. The Morgan fingerprint density at radius 3 is 2.43 bits per heavy atom. The van der Waals surface area contributed by atoms with E-state index < -0.39 is 0 Å². The third-order valence-electron chi connectivity index (χ3n) is 2.68. The first-order valence-electron chi connectivity index (χ1n) is 5.70. The van der Waals surface area contributed by atoms with E-state index in [2.05, 4.69) is 38.0 Å². The zero-order valence-electron chi connectivity index (χ0n) is 10.1. The van der Waals surface area contributed by atoms with Gasteiger partial charge in [0.05, 0.1) is 6.61 Å². The Hall–Kier alpha value is -0.120. The second-order valence-corrected chi connectivity index (χ2v) is 4.01. The van der Waals surface area contributed by atoms with Crippen LogP contribution < -0.4 is 5.32 Å². The molecular weight excluding hydrogens is 176 g/mol. The Morgan fingerprint density at radius 1 is 1.36 bits per heavy atom. The Labute approximate surface area is 88.5 Å². The average molecular weight is 202 g/mol. The predicted molar refractivity (Wildman–Crippen MR) is 61.6 cm³/mol. The van der Waals surface area contributed by atoms with Gasteiger partial charge in [-0.2, -0.15) is 0 Å². The summed E-state index contributed by atoms with van der Waals surface area (Å²) in [6.45, 7) is 8.57. The van der Waals surface area contributed by atoms with Crippen LogP contribution in [0.1, 0.15) is 33.6 Å². The highest BCUT2D eigenvalue weighted by Gasteiger charge is 2.13. The summed E-state index contributed by atoms with van der Waals surface area (Å²) in [7, 11) is 2.13. The molecule has 0 aromatic rings. The van der Waals surface area contributed by atoms with Crippen LogP contribution in [0, 0.1) is 0 Å². The minimum atomic E-state index is 0.212. The highest BCUT2D eigenvalue weighted by atomic mass is 16.3. The lowest BCUT2D eigenvalue weighted by molar-refractivity contribution is 0.171. The largest absolute Gasteiger partial charge is 0.395 e. The predicted octanol–water partition coefficient (Wildman–Crippen LogP) is 1.08. The Kier molecular flexibility index (Phi) is 8.14. The molecule has 0 aliphatic heterocycles. The van der Waals surface area contributed by atoms with Gasteiger partial charge >= 0.3 is 0 Å². The second kappa shape index (κ2) is 8.21. The molecule has 2 unspecified atom stereocenters. The van der Waals surface area contributed by atoms with Gasteiger partial charge in [0, 0.05) is 18.6 Å². The Morgan fingerprint density at radius 2 is 2.00 bits per heavy atom. The van der Waals surface area contributed by atoms with Crippen molar-refractivity contribution in [2.24, 2.45) is 0 Å². The fourth-order valence-corrected chi connectivity index (χ4v) is 1.64. The first-order chi connectivity index (χ1) is 6.65. The van der Waals surface area contributed by atoms with Crippen molar-refractivity contribution in [3.63, 3.8) is 0 Å². The van der Waals surface area contributed by atoms with Gasteiger partial charge in [0.15, 0.2) is 0 Å². The summed E-state index contributed by atoms with van der Waals surface area (Å²) >= 11 is 0. The molecule has 0 aliphatic rings. The average Bonchev–Trinajstić information content (AvgIpc) is 2.17. The molecular formula is C11H26N2O. The zero-order chi connectivity index (χ0) is 11.0. The molecule has 0 saturated carbocycles. The highest BCUT2D eigenvalue weighted by molar-refractivity contribution is 4.72. The third kappa shape index (κ3) is 5.58. The Bertz CT molecular complexity index is 130. The van der Waals surface area contributed by atoms with Crippen molar-refractivity contribution in [2.45, 2.75) is 45.7 Å². The molecule has 0 fully saturated rings. The van der Waals surface area contributed by atoms with Crippen LogP contribution in [-0.4, -0.2) is 48.8 Å². The normalized spacial score (nSPS) is 15.9. The molecule has 14 heavy (non-hydrogen) atoms. The van der Waals surface area contributed by atoms with Gasteiger partial charge in [-0.05, 0) is 26.9 Å². The van der Waals surface area contributed by atoms with Crippen LogP contribution in [0.25, 0.3) is 0 Å². The minimum absolute atomic E-state index is 0.212. The number of nitrogens with zero attached hydrogens (tertiary/aromatic N) is 1. The molecule has 3 heteroatoms. The summed E-state index contributed by atoms with van der Waals surface area (Å²) in [5.41, 5.74) is 0. The molecule has 0 aromatic carbocycles. The lowest BCUT2D eigenvalue weighted by Crippen LogP contribution is -2.44. The van der Waals surface area contributed by atoms with Crippen LogP contribution in [0.15, 0.2) is 0 Å². The molecule has 2 N–H and O–H groups in total. The van der Waals surface area contributed by atoms with Crippen LogP contribution in [0.2, 0.25) is 0 Å². The van der Waals surface area contributed by atoms with E-state index in [1.54, 1.807) is 0 Å². The monoisotopic (exact) mass is 202 g/mol. The van der Waals surface area contributed by atoms with Gasteiger partial charge in [-0.25, -0.2) is 0 Å². The first kappa shape index (κ1) is 13.9. The molecule has 0 spiro atoms. The number of likely N-dealkylation sites (N-methyl/N-ethyl adjacent to an activating group) is 2. The van der Waals surface area contributed by atoms with Crippen molar-refractivity contribution in [1.29, 1.82) is 0 Å². The molecule has 0 aliphatic carbocycles. The van der Waals surface area contributed by atoms with E-state index in [0.29, 0.717) is 6.04 Å². The maximum Gasteiger partial charge on any atom is 0.0597 e. The molecule has 0 saturated heterocycles.